The van der Waals surface area contributed by atoms with E-state index in [0.717, 1.165) is 16.8 Å². The molecule has 5 nitrogen and oxygen atoms in total. The van der Waals surface area contributed by atoms with Crippen molar-refractivity contribution < 1.29 is 17.3 Å². The van der Waals surface area contributed by atoms with Crippen LogP contribution in [-0.4, -0.2) is 21.7 Å². The summed E-state index contributed by atoms with van der Waals surface area (Å²) in [6, 6.07) is 15.2. The van der Waals surface area contributed by atoms with Gasteiger partial charge in [0.1, 0.15) is 4.90 Å². The van der Waals surface area contributed by atoms with E-state index in [0.29, 0.717) is 15.1 Å². The highest BCUT2D eigenvalue weighted by atomic mass is 79.9. The van der Waals surface area contributed by atoms with Crippen LogP contribution in [0.1, 0.15) is 16.7 Å². The van der Waals surface area contributed by atoms with Gasteiger partial charge >= 0.3 is 10.1 Å². The van der Waals surface area contributed by atoms with Gasteiger partial charge in [-0.1, -0.05) is 35.4 Å². The van der Waals surface area contributed by atoms with Crippen molar-refractivity contribution in [1.29, 1.82) is 0 Å². The molecule has 0 aliphatic heterocycles. The lowest BCUT2D eigenvalue weighted by Crippen LogP contribution is -2.11. The number of hydrogen-bond donors (Lipinski definition) is 0. The van der Waals surface area contributed by atoms with Gasteiger partial charge in [0, 0.05) is 11.2 Å². The second-order valence-electron chi connectivity index (χ2n) is 6.53. The molecule has 0 aliphatic rings. The number of benzene rings is 3. The average Bonchev–Trinajstić information content (AvgIpc) is 2.71. The minimum atomic E-state index is -4.02. The molecule has 8 heteroatoms. The summed E-state index contributed by atoms with van der Waals surface area (Å²) in [4.78, 5) is 4.53. The van der Waals surface area contributed by atoms with Crippen LogP contribution >= 0.6 is 27.5 Å². The Balaban J connectivity index is 1.93. The van der Waals surface area contributed by atoms with Crippen molar-refractivity contribution in [2.75, 3.05) is 7.11 Å². The molecule has 0 atom stereocenters. The minimum Gasteiger partial charge on any atom is -0.493 e. The van der Waals surface area contributed by atoms with Crippen LogP contribution in [0.25, 0.3) is 0 Å². The van der Waals surface area contributed by atoms with Crippen molar-refractivity contribution in [3.63, 3.8) is 0 Å². The van der Waals surface area contributed by atoms with Crippen molar-refractivity contribution in [1.82, 2.24) is 0 Å². The van der Waals surface area contributed by atoms with E-state index >= 15 is 0 Å². The van der Waals surface area contributed by atoms with E-state index in [1.54, 1.807) is 36.5 Å². The van der Waals surface area contributed by atoms with E-state index in [1.165, 1.54) is 19.2 Å². The smallest absolute Gasteiger partial charge is 0.339 e. The van der Waals surface area contributed by atoms with Crippen molar-refractivity contribution >= 4 is 49.6 Å². The summed E-state index contributed by atoms with van der Waals surface area (Å²) >= 11 is 9.51. The van der Waals surface area contributed by atoms with Crippen molar-refractivity contribution in [3.05, 3.63) is 80.8 Å². The van der Waals surface area contributed by atoms with Gasteiger partial charge in [-0.15, -0.1) is 0 Å². The SMILES string of the molecule is COc1cc(C=Nc2cccc(Cl)c2C)cc(Br)c1OS(=O)(=O)c1ccc(C)cc1. The van der Waals surface area contributed by atoms with Crippen LogP contribution in [0.15, 0.2) is 69.0 Å². The molecule has 0 fully saturated rings. The number of aryl methyl sites for hydroxylation is 1. The van der Waals surface area contributed by atoms with Gasteiger partial charge in [-0.2, -0.15) is 8.42 Å². The quantitative estimate of drug-likeness (QED) is 0.292. The molecular formula is C22H19BrClNO4S. The van der Waals surface area contributed by atoms with E-state index < -0.39 is 10.1 Å². The van der Waals surface area contributed by atoms with E-state index in [4.69, 9.17) is 20.5 Å². The predicted octanol–water partition coefficient (Wildman–Crippen LogP) is 6.25. The third kappa shape index (κ3) is 5.03. The van der Waals surface area contributed by atoms with Crippen LogP contribution in [0.2, 0.25) is 5.02 Å². The van der Waals surface area contributed by atoms with Crippen LogP contribution < -0.4 is 8.92 Å². The Hall–Kier alpha value is -2.35. The molecule has 0 heterocycles. The van der Waals surface area contributed by atoms with Crippen molar-refractivity contribution in [3.8, 4) is 11.5 Å². The third-order valence-corrected chi connectivity index (χ3v) is 6.58. The van der Waals surface area contributed by atoms with Gasteiger partial charge in [0.25, 0.3) is 0 Å². The molecule has 156 valence electrons. The Labute approximate surface area is 189 Å². The number of halogens is 2. The maximum absolute atomic E-state index is 12.7. The monoisotopic (exact) mass is 507 g/mol. The molecule has 0 saturated heterocycles. The fourth-order valence-electron chi connectivity index (χ4n) is 2.64. The summed E-state index contributed by atoms with van der Waals surface area (Å²) in [5.74, 6) is 0.318. The van der Waals surface area contributed by atoms with E-state index in [-0.39, 0.29) is 16.4 Å². The summed E-state index contributed by atoms with van der Waals surface area (Å²) in [5.41, 5.74) is 3.25. The largest absolute Gasteiger partial charge is 0.493 e. The lowest BCUT2D eigenvalue weighted by Gasteiger charge is -2.13. The Morgan fingerprint density at radius 1 is 1.07 bits per heavy atom. The molecule has 30 heavy (non-hydrogen) atoms. The summed E-state index contributed by atoms with van der Waals surface area (Å²) in [6.07, 6.45) is 1.64. The van der Waals surface area contributed by atoms with Crippen molar-refractivity contribution in [2.24, 2.45) is 4.99 Å². The highest BCUT2D eigenvalue weighted by Gasteiger charge is 2.21. The second-order valence-corrected chi connectivity index (χ2v) is 9.33. The van der Waals surface area contributed by atoms with Gasteiger partial charge in [-0.05, 0) is 77.3 Å². The normalized spacial score (nSPS) is 11.6. The number of nitrogens with zero attached hydrogens (tertiary/aromatic N) is 1. The topological polar surface area (TPSA) is 65.0 Å². The first-order valence-corrected chi connectivity index (χ1v) is 11.5. The lowest BCUT2D eigenvalue weighted by molar-refractivity contribution is 0.389. The highest BCUT2D eigenvalue weighted by molar-refractivity contribution is 9.10. The highest BCUT2D eigenvalue weighted by Crippen LogP contribution is 2.38. The first kappa shape index (κ1) is 22.3. The number of methoxy groups -OCH3 is 1. The predicted molar refractivity (Wildman–Crippen MR) is 123 cm³/mol. The standard InChI is InChI=1S/C22H19BrClNO4S/c1-14-7-9-17(10-8-14)30(26,27)29-22-18(23)11-16(12-21(22)28-3)13-25-20-6-4-5-19(24)15(20)2/h4-13H,1-3H3. The minimum absolute atomic E-state index is 0.0594. The van der Waals surface area contributed by atoms with Gasteiger partial charge in [-0.25, -0.2) is 0 Å². The van der Waals surface area contributed by atoms with Gasteiger partial charge in [0.2, 0.25) is 0 Å². The molecule has 0 aromatic heterocycles. The molecule has 0 aliphatic carbocycles. The van der Waals surface area contributed by atoms with Crippen LogP contribution in [0.4, 0.5) is 5.69 Å². The van der Waals surface area contributed by atoms with Crippen molar-refractivity contribution in [2.45, 2.75) is 18.7 Å². The average molecular weight is 509 g/mol. The van der Waals surface area contributed by atoms with E-state index in [1.807, 2.05) is 26.0 Å². The molecule has 0 saturated carbocycles. The maximum Gasteiger partial charge on any atom is 0.339 e. The van der Waals surface area contributed by atoms with Gasteiger partial charge in [0.05, 0.1) is 17.3 Å². The number of aliphatic imine (C=N–C) groups is 1. The summed E-state index contributed by atoms with van der Waals surface area (Å²) in [5, 5.41) is 0.633. The lowest BCUT2D eigenvalue weighted by atomic mass is 10.2. The fraction of sp³-hybridized carbons (Fsp3) is 0.136. The summed E-state index contributed by atoms with van der Waals surface area (Å²) in [6.45, 7) is 3.76. The molecule has 0 spiro atoms. The molecule has 0 bridgehead atoms. The van der Waals surface area contributed by atoms with E-state index in [9.17, 15) is 8.42 Å². The second kappa shape index (κ2) is 9.20. The zero-order chi connectivity index (χ0) is 21.9. The Bertz CT molecular complexity index is 1210. The Morgan fingerprint density at radius 3 is 2.43 bits per heavy atom. The summed E-state index contributed by atoms with van der Waals surface area (Å²) in [7, 11) is -2.58. The molecule has 0 unspecified atom stereocenters. The van der Waals surface area contributed by atoms with Crippen LogP contribution in [-0.2, 0) is 10.1 Å². The molecule has 0 amide bonds. The van der Waals surface area contributed by atoms with E-state index in [2.05, 4.69) is 20.9 Å². The molecule has 0 radical (unpaired) electrons. The Morgan fingerprint density at radius 2 is 1.77 bits per heavy atom. The summed E-state index contributed by atoms with van der Waals surface area (Å²) < 4.78 is 36.5. The zero-order valence-electron chi connectivity index (χ0n) is 16.5. The number of ether oxygens (including phenoxy) is 1. The first-order valence-electron chi connectivity index (χ1n) is 8.89. The number of hydrogen-bond acceptors (Lipinski definition) is 5. The zero-order valence-corrected chi connectivity index (χ0v) is 19.7. The van der Waals surface area contributed by atoms with Crippen LogP contribution in [0.3, 0.4) is 0 Å². The molecule has 3 rings (SSSR count). The third-order valence-electron chi connectivity index (χ3n) is 4.35. The van der Waals surface area contributed by atoms with Gasteiger partial charge in [0.15, 0.2) is 11.5 Å². The first-order chi connectivity index (χ1) is 14.2. The number of rotatable bonds is 6. The fourth-order valence-corrected chi connectivity index (χ4v) is 4.41. The van der Waals surface area contributed by atoms with Crippen LogP contribution in [0.5, 0.6) is 11.5 Å². The molecular weight excluding hydrogens is 490 g/mol. The van der Waals surface area contributed by atoms with Gasteiger partial charge < -0.3 is 8.92 Å². The maximum atomic E-state index is 12.7. The molecule has 3 aromatic carbocycles. The van der Waals surface area contributed by atoms with Crippen LogP contribution in [0, 0.1) is 13.8 Å². The molecule has 3 aromatic rings. The Kier molecular flexibility index (Phi) is 6.85. The molecule has 0 N–H and O–H groups in total. The van der Waals surface area contributed by atoms with Gasteiger partial charge in [-0.3, -0.25) is 4.99 Å².